The number of hydrogen-bond acceptors (Lipinski definition) is 3. The van der Waals surface area contributed by atoms with Crippen LogP contribution >= 0.6 is 22.9 Å². The van der Waals surface area contributed by atoms with Gasteiger partial charge >= 0.3 is 0 Å². The van der Waals surface area contributed by atoms with Crippen LogP contribution in [-0.4, -0.2) is 15.5 Å². The summed E-state index contributed by atoms with van der Waals surface area (Å²) in [4.78, 5) is 16.7. The minimum atomic E-state index is -0.256. The van der Waals surface area contributed by atoms with Crippen molar-refractivity contribution in [2.75, 3.05) is 5.32 Å². The van der Waals surface area contributed by atoms with Gasteiger partial charge < -0.3 is 4.57 Å². The van der Waals surface area contributed by atoms with E-state index in [1.54, 1.807) is 12.1 Å². The zero-order chi connectivity index (χ0) is 16.6. The lowest BCUT2D eigenvalue weighted by atomic mass is 10.1. The van der Waals surface area contributed by atoms with Crippen LogP contribution in [0.3, 0.4) is 0 Å². The standard InChI is InChI=1S/C17H16ClN3OS/c1-10-9-23-17(19-10)20-16(22)14-8-13(6-7-15(14)18)21-11(2)4-5-12(21)3/h4-9H,1-3H3,(H,19,20,22). The van der Waals surface area contributed by atoms with Crippen molar-refractivity contribution >= 4 is 34.0 Å². The van der Waals surface area contributed by atoms with E-state index in [-0.39, 0.29) is 5.91 Å². The van der Waals surface area contributed by atoms with Gasteiger partial charge in [-0.25, -0.2) is 4.98 Å². The summed E-state index contributed by atoms with van der Waals surface area (Å²) in [6.07, 6.45) is 0. The van der Waals surface area contributed by atoms with Gasteiger partial charge in [-0.15, -0.1) is 11.3 Å². The highest BCUT2D eigenvalue weighted by Gasteiger charge is 2.14. The van der Waals surface area contributed by atoms with E-state index in [9.17, 15) is 4.79 Å². The fourth-order valence-corrected chi connectivity index (χ4v) is 3.36. The number of anilines is 1. The number of rotatable bonds is 3. The molecule has 1 N–H and O–H groups in total. The number of aromatic nitrogens is 2. The number of carbonyl (C=O) groups is 1. The highest BCUT2D eigenvalue weighted by atomic mass is 35.5. The third-order valence-electron chi connectivity index (χ3n) is 3.56. The van der Waals surface area contributed by atoms with Crippen molar-refractivity contribution in [3.63, 3.8) is 0 Å². The summed E-state index contributed by atoms with van der Waals surface area (Å²) in [6.45, 7) is 5.94. The molecule has 23 heavy (non-hydrogen) atoms. The maximum absolute atomic E-state index is 12.5. The Morgan fingerprint density at radius 3 is 2.48 bits per heavy atom. The smallest absolute Gasteiger partial charge is 0.259 e. The number of nitrogens with one attached hydrogen (secondary N) is 1. The second-order valence-electron chi connectivity index (χ2n) is 5.36. The normalized spacial score (nSPS) is 10.8. The summed E-state index contributed by atoms with van der Waals surface area (Å²) < 4.78 is 2.08. The van der Waals surface area contributed by atoms with Gasteiger partial charge in [0.2, 0.25) is 0 Å². The molecule has 3 aromatic rings. The monoisotopic (exact) mass is 345 g/mol. The fourth-order valence-electron chi connectivity index (χ4n) is 2.48. The Morgan fingerprint density at radius 2 is 1.87 bits per heavy atom. The Balaban J connectivity index is 1.96. The predicted molar refractivity (Wildman–Crippen MR) is 95.1 cm³/mol. The van der Waals surface area contributed by atoms with Gasteiger partial charge in [0.1, 0.15) is 0 Å². The molecule has 4 nitrogen and oxygen atoms in total. The van der Waals surface area contributed by atoms with Crippen molar-refractivity contribution in [2.24, 2.45) is 0 Å². The number of nitrogens with zero attached hydrogens (tertiary/aromatic N) is 2. The molecule has 6 heteroatoms. The molecule has 0 aliphatic heterocycles. The molecule has 0 fully saturated rings. The van der Waals surface area contributed by atoms with Gasteiger partial charge in [-0.3, -0.25) is 10.1 Å². The molecule has 2 aromatic heterocycles. The van der Waals surface area contributed by atoms with Crippen LogP contribution in [0.15, 0.2) is 35.7 Å². The number of amides is 1. The largest absolute Gasteiger partial charge is 0.318 e. The fraction of sp³-hybridized carbons (Fsp3) is 0.176. The van der Waals surface area contributed by atoms with E-state index < -0.39 is 0 Å². The molecule has 0 saturated carbocycles. The van der Waals surface area contributed by atoms with Crippen LogP contribution < -0.4 is 5.32 Å². The summed E-state index contributed by atoms with van der Waals surface area (Å²) in [5.41, 5.74) is 4.43. The van der Waals surface area contributed by atoms with Crippen molar-refractivity contribution in [3.8, 4) is 5.69 Å². The quantitative estimate of drug-likeness (QED) is 0.743. The molecule has 0 bridgehead atoms. The lowest BCUT2D eigenvalue weighted by Crippen LogP contribution is -2.13. The molecular formula is C17H16ClN3OS. The lowest BCUT2D eigenvalue weighted by molar-refractivity contribution is 0.102. The molecule has 0 atom stereocenters. The van der Waals surface area contributed by atoms with Gasteiger partial charge in [-0.05, 0) is 51.1 Å². The van der Waals surface area contributed by atoms with E-state index in [1.165, 1.54) is 11.3 Å². The van der Waals surface area contributed by atoms with Gasteiger partial charge in [0.15, 0.2) is 5.13 Å². The summed E-state index contributed by atoms with van der Waals surface area (Å²) in [5, 5.41) is 5.68. The maximum Gasteiger partial charge on any atom is 0.259 e. The highest BCUT2D eigenvalue weighted by Crippen LogP contribution is 2.24. The van der Waals surface area contributed by atoms with Crippen LogP contribution in [0.1, 0.15) is 27.4 Å². The molecule has 0 aliphatic rings. The average molecular weight is 346 g/mol. The second-order valence-corrected chi connectivity index (χ2v) is 6.63. The molecule has 3 rings (SSSR count). The Morgan fingerprint density at radius 1 is 1.17 bits per heavy atom. The van der Waals surface area contributed by atoms with E-state index >= 15 is 0 Å². The van der Waals surface area contributed by atoms with Crippen molar-refractivity contribution in [2.45, 2.75) is 20.8 Å². The topological polar surface area (TPSA) is 46.9 Å². The van der Waals surface area contributed by atoms with Gasteiger partial charge in [-0.1, -0.05) is 11.6 Å². The van der Waals surface area contributed by atoms with E-state index in [0.29, 0.717) is 15.7 Å². The number of benzene rings is 1. The van der Waals surface area contributed by atoms with Crippen LogP contribution in [0.5, 0.6) is 0 Å². The van der Waals surface area contributed by atoms with E-state index in [2.05, 4.69) is 14.9 Å². The summed E-state index contributed by atoms with van der Waals surface area (Å²) in [5.74, 6) is -0.256. The van der Waals surface area contributed by atoms with Crippen molar-refractivity contribution < 1.29 is 4.79 Å². The Labute approximate surface area is 143 Å². The number of halogens is 1. The Kier molecular flexibility index (Phi) is 4.24. The number of aryl methyl sites for hydroxylation is 3. The summed E-state index contributed by atoms with van der Waals surface area (Å²) in [7, 11) is 0. The van der Waals surface area contributed by atoms with Crippen LogP contribution in [0.25, 0.3) is 5.69 Å². The van der Waals surface area contributed by atoms with E-state index in [0.717, 1.165) is 22.8 Å². The van der Waals surface area contributed by atoms with Gasteiger partial charge in [-0.2, -0.15) is 0 Å². The first-order chi connectivity index (χ1) is 11.0. The Bertz CT molecular complexity index is 862. The zero-order valence-electron chi connectivity index (χ0n) is 13.1. The first-order valence-electron chi connectivity index (χ1n) is 7.14. The van der Waals surface area contributed by atoms with Crippen molar-refractivity contribution in [3.05, 3.63) is 63.4 Å². The number of hydrogen-bond donors (Lipinski definition) is 1. The van der Waals surface area contributed by atoms with E-state index in [4.69, 9.17) is 11.6 Å². The number of carbonyl (C=O) groups excluding carboxylic acids is 1. The molecule has 0 aliphatic carbocycles. The lowest BCUT2D eigenvalue weighted by Gasteiger charge is -2.12. The maximum atomic E-state index is 12.5. The molecule has 0 saturated heterocycles. The van der Waals surface area contributed by atoms with Crippen LogP contribution in [-0.2, 0) is 0 Å². The molecule has 0 unspecified atom stereocenters. The number of thiazole rings is 1. The predicted octanol–water partition coefficient (Wildman–Crippen LogP) is 4.76. The van der Waals surface area contributed by atoms with Crippen LogP contribution in [0, 0.1) is 20.8 Å². The average Bonchev–Trinajstić information content (AvgIpc) is 3.06. The first-order valence-corrected chi connectivity index (χ1v) is 8.40. The minimum absolute atomic E-state index is 0.256. The zero-order valence-corrected chi connectivity index (χ0v) is 14.6. The minimum Gasteiger partial charge on any atom is -0.318 e. The van der Waals surface area contributed by atoms with Gasteiger partial charge in [0.05, 0.1) is 16.3 Å². The molecule has 2 heterocycles. The molecular weight excluding hydrogens is 330 g/mol. The summed E-state index contributed by atoms with van der Waals surface area (Å²) in [6, 6.07) is 9.55. The second kappa shape index (κ2) is 6.18. The van der Waals surface area contributed by atoms with Crippen LogP contribution in [0.2, 0.25) is 5.02 Å². The van der Waals surface area contributed by atoms with Gasteiger partial charge in [0, 0.05) is 22.5 Å². The molecule has 0 radical (unpaired) electrons. The SMILES string of the molecule is Cc1csc(NC(=O)c2cc(-n3c(C)ccc3C)ccc2Cl)n1. The summed E-state index contributed by atoms with van der Waals surface area (Å²) >= 11 is 7.61. The Hall–Kier alpha value is -2.11. The molecule has 1 amide bonds. The van der Waals surface area contributed by atoms with E-state index in [1.807, 2.05) is 44.4 Å². The molecule has 0 spiro atoms. The molecule has 1 aromatic carbocycles. The van der Waals surface area contributed by atoms with Crippen molar-refractivity contribution in [1.29, 1.82) is 0 Å². The third kappa shape index (κ3) is 3.16. The highest BCUT2D eigenvalue weighted by molar-refractivity contribution is 7.13. The third-order valence-corrected chi connectivity index (χ3v) is 4.77. The van der Waals surface area contributed by atoms with Crippen LogP contribution in [0.4, 0.5) is 5.13 Å². The van der Waals surface area contributed by atoms with Crippen molar-refractivity contribution in [1.82, 2.24) is 9.55 Å². The van der Waals surface area contributed by atoms with Gasteiger partial charge in [0.25, 0.3) is 5.91 Å². The molecule has 118 valence electrons. The first kappa shape index (κ1) is 15.8.